The van der Waals surface area contributed by atoms with Crippen molar-refractivity contribution in [3.63, 3.8) is 0 Å². The van der Waals surface area contributed by atoms with Crippen LogP contribution < -0.4 is 15.0 Å². The van der Waals surface area contributed by atoms with Crippen molar-refractivity contribution >= 4 is 40.6 Å². The normalized spacial score (nSPS) is 17.6. The quantitative estimate of drug-likeness (QED) is 0.628. The van der Waals surface area contributed by atoms with Gasteiger partial charge in [-0.25, -0.2) is 0 Å². The highest BCUT2D eigenvalue weighted by Gasteiger charge is 2.29. The number of nitrogens with one attached hydrogen (secondary N) is 1. The van der Waals surface area contributed by atoms with Crippen molar-refractivity contribution in [1.82, 2.24) is 10.3 Å². The topological polar surface area (TPSA) is 88.6 Å². The second-order valence-electron chi connectivity index (χ2n) is 10.6. The Morgan fingerprint density at radius 1 is 1.03 bits per heavy atom. The van der Waals surface area contributed by atoms with Gasteiger partial charge in [-0.2, -0.15) is 0 Å². The van der Waals surface area contributed by atoms with Crippen molar-refractivity contribution in [3.05, 3.63) is 57.8 Å². The van der Waals surface area contributed by atoms with Gasteiger partial charge in [0.2, 0.25) is 0 Å². The predicted octanol–water partition coefficient (Wildman–Crippen LogP) is 4.93. The van der Waals surface area contributed by atoms with Crippen LogP contribution in [0.15, 0.2) is 35.2 Å². The van der Waals surface area contributed by atoms with E-state index in [-0.39, 0.29) is 23.3 Å². The van der Waals surface area contributed by atoms with Crippen LogP contribution >= 0.6 is 11.8 Å². The van der Waals surface area contributed by atoms with Crippen molar-refractivity contribution in [2.45, 2.75) is 58.9 Å². The number of pyridine rings is 1. The monoisotopic (exact) mass is 479 g/mol. The summed E-state index contributed by atoms with van der Waals surface area (Å²) in [5, 5.41) is 1.86. The van der Waals surface area contributed by atoms with Gasteiger partial charge in [0.25, 0.3) is 17.1 Å². The Balaban J connectivity index is 1.73. The first-order chi connectivity index (χ1) is 15.8. The van der Waals surface area contributed by atoms with Crippen molar-refractivity contribution in [2.75, 3.05) is 11.5 Å². The van der Waals surface area contributed by atoms with E-state index in [0.717, 1.165) is 28.7 Å². The highest BCUT2D eigenvalue weighted by molar-refractivity contribution is 8.18. The molecule has 1 fully saturated rings. The van der Waals surface area contributed by atoms with Crippen LogP contribution in [0.4, 0.5) is 10.5 Å². The van der Waals surface area contributed by atoms with Crippen LogP contribution in [0.1, 0.15) is 64.1 Å². The van der Waals surface area contributed by atoms with Gasteiger partial charge in [-0.1, -0.05) is 47.6 Å². The lowest BCUT2D eigenvalue weighted by atomic mass is 9.86. The number of nitrogens with zero attached hydrogens (tertiary/aromatic N) is 2. The number of imide groups is 1. The summed E-state index contributed by atoms with van der Waals surface area (Å²) in [6, 6.07) is 9.53. The van der Waals surface area contributed by atoms with Gasteiger partial charge < -0.3 is 9.64 Å². The smallest absolute Gasteiger partial charge is 0.290 e. The fraction of sp³-hybridized carbons (Fsp3) is 0.385. The molecule has 0 atom stereocenters. The average Bonchev–Trinajstić information content (AvgIpc) is 3.05. The summed E-state index contributed by atoms with van der Waals surface area (Å²) >= 11 is 0.860. The van der Waals surface area contributed by atoms with E-state index < -0.39 is 11.1 Å². The molecule has 0 radical (unpaired) electrons. The van der Waals surface area contributed by atoms with E-state index in [0.29, 0.717) is 28.5 Å². The molecule has 2 aromatic rings. The number of anilines is 1. The predicted molar refractivity (Wildman–Crippen MR) is 134 cm³/mol. The van der Waals surface area contributed by atoms with Crippen LogP contribution in [0.25, 0.3) is 6.08 Å². The number of aromatic nitrogens is 1. The van der Waals surface area contributed by atoms with Crippen molar-refractivity contribution in [3.8, 4) is 5.75 Å². The van der Waals surface area contributed by atoms with E-state index in [2.05, 4.69) is 59.0 Å². The van der Waals surface area contributed by atoms with Gasteiger partial charge >= 0.3 is 0 Å². The lowest BCUT2D eigenvalue weighted by Crippen LogP contribution is -2.38. The largest absolute Gasteiger partial charge is 0.482 e. The van der Waals surface area contributed by atoms with Crippen molar-refractivity contribution in [1.29, 1.82) is 0 Å². The van der Waals surface area contributed by atoms with Gasteiger partial charge in [-0.15, -0.1) is 0 Å². The number of benzene rings is 1. The number of ether oxygens (including phenoxy) is 1. The van der Waals surface area contributed by atoms with E-state index in [1.807, 2.05) is 6.07 Å². The lowest BCUT2D eigenvalue weighted by molar-refractivity contribution is -0.121. The second-order valence-corrected chi connectivity index (χ2v) is 11.6. The Morgan fingerprint density at radius 2 is 1.68 bits per heavy atom. The zero-order valence-electron chi connectivity index (χ0n) is 20.3. The third-order valence-corrected chi connectivity index (χ3v) is 6.44. The number of hydrogen-bond acceptors (Lipinski definition) is 6. The van der Waals surface area contributed by atoms with Crippen LogP contribution in [0, 0.1) is 0 Å². The highest BCUT2D eigenvalue weighted by Crippen LogP contribution is 2.36. The number of hydrogen-bond donors (Lipinski definition) is 1. The number of amides is 3. The molecule has 1 aromatic heterocycles. The summed E-state index contributed by atoms with van der Waals surface area (Å²) in [6.07, 6.45) is 1.64. The maximum absolute atomic E-state index is 12.9. The average molecular weight is 480 g/mol. The maximum atomic E-state index is 12.9. The van der Waals surface area contributed by atoms with E-state index >= 15 is 0 Å². The zero-order valence-corrected chi connectivity index (χ0v) is 21.1. The Labute approximate surface area is 204 Å². The van der Waals surface area contributed by atoms with Gasteiger partial charge in [-0.05, 0) is 53.2 Å². The van der Waals surface area contributed by atoms with E-state index in [4.69, 9.17) is 9.72 Å². The lowest BCUT2D eigenvalue weighted by Gasteiger charge is -2.31. The van der Waals surface area contributed by atoms with Gasteiger partial charge in [-0.3, -0.25) is 24.7 Å². The molecule has 0 bridgehead atoms. The van der Waals surface area contributed by atoms with Crippen LogP contribution in [0.2, 0.25) is 0 Å². The highest BCUT2D eigenvalue weighted by atomic mass is 32.2. The molecule has 0 aliphatic carbocycles. The first kappa shape index (κ1) is 24.0. The van der Waals surface area contributed by atoms with E-state index in [1.54, 1.807) is 23.1 Å². The third kappa shape index (κ3) is 5.01. The minimum Gasteiger partial charge on any atom is -0.482 e. The standard InChI is InChI=1S/C26H29N3O4S/c1-25(2,3)20-11-16(12-21(27-20)26(4,5)6)13-29-17-9-15(7-8-18(17)33-14-22(29)30)10-19-23(31)28-24(32)34-19/h7-12H,13-14H2,1-6H3,(H,28,31,32)/b19-10-. The van der Waals surface area contributed by atoms with Gasteiger partial charge in [0.05, 0.1) is 17.1 Å². The maximum Gasteiger partial charge on any atom is 0.290 e. The number of carbonyl (C=O) groups is 3. The molecule has 1 saturated heterocycles. The molecule has 7 nitrogen and oxygen atoms in total. The summed E-state index contributed by atoms with van der Waals surface area (Å²) in [4.78, 5) is 43.3. The molecule has 0 spiro atoms. The molecule has 1 N–H and O–H groups in total. The van der Waals surface area contributed by atoms with Gasteiger partial charge in [0, 0.05) is 22.2 Å². The van der Waals surface area contributed by atoms with Gasteiger partial charge in [0.15, 0.2) is 6.61 Å². The molecule has 8 heteroatoms. The summed E-state index contributed by atoms with van der Waals surface area (Å²) < 4.78 is 5.66. The molecule has 178 valence electrons. The minimum atomic E-state index is -0.418. The molecule has 4 rings (SSSR count). The molecule has 0 unspecified atom stereocenters. The number of rotatable bonds is 3. The van der Waals surface area contributed by atoms with Crippen molar-refractivity contribution in [2.24, 2.45) is 0 Å². The van der Waals surface area contributed by atoms with Crippen molar-refractivity contribution < 1.29 is 19.1 Å². The minimum absolute atomic E-state index is 0.0382. The Bertz CT molecular complexity index is 1190. The molecule has 34 heavy (non-hydrogen) atoms. The Morgan fingerprint density at radius 3 is 2.24 bits per heavy atom. The summed E-state index contributed by atoms with van der Waals surface area (Å²) in [5.74, 6) is 0.0347. The number of carbonyl (C=O) groups excluding carboxylic acids is 3. The van der Waals surface area contributed by atoms with E-state index in [1.165, 1.54) is 0 Å². The molecule has 3 amide bonds. The summed E-state index contributed by atoms with van der Waals surface area (Å²) in [5.41, 5.74) is 4.00. The summed E-state index contributed by atoms with van der Waals surface area (Å²) in [7, 11) is 0. The molecule has 2 aliphatic heterocycles. The zero-order chi connectivity index (χ0) is 24.8. The Hall–Kier alpha value is -3.13. The fourth-order valence-electron chi connectivity index (χ4n) is 3.68. The molecule has 2 aliphatic rings. The van der Waals surface area contributed by atoms with Crippen LogP contribution in [-0.4, -0.2) is 28.6 Å². The Kier molecular flexibility index (Phi) is 6.06. The fourth-order valence-corrected chi connectivity index (χ4v) is 4.37. The molecule has 3 heterocycles. The molecule has 1 aromatic carbocycles. The number of fused-ring (bicyclic) bond motifs is 1. The SMILES string of the molecule is CC(C)(C)c1cc(CN2C(=O)COc3ccc(/C=C4\SC(=O)NC4=O)cc32)cc(C(C)(C)C)n1. The first-order valence-electron chi connectivity index (χ1n) is 11.2. The van der Waals surface area contributed by atoms with E-state index in [9.17, 15) is 14.4 Å². The third-order valence-electron chi connectivity index (χ3n) is 5.63. The van der Waals surface area contributed by atoms with Gasteiger partial charge in [0.1, 0.15) is 5.75 Å². The van der Waals surface area contributed by atoms with Crippen LogP contribution in [-0.2, 0) is 27.0 Å². The molecular formula is C26H29N3O4S. The number of thioether (sulfide) groups is 1. The molecular weight excluding hydrogens is 450 g/mol. The van der Waals surface area contributed by atoms with Crippen LogP contribution in [0.5, 0.6) is 5.75 Å². The molecule has 0 saturated carbocycles. The first-order valence-corrected chi connectivity index (χ1v) is 12.0. The summed E-state index contributed by atoms with van der Waals surface area (Å²) in [6.45, 7) is 13.1. The second kappa shape index (κ2) is 8.58. The van der Waals surface area contributed by atoms with Crippen LogP contribution in [0.3, 0.4) is 0 Å².